The second-order valence-electron chi connectivity index (χ2n) is 6.94. The number of aryl methyl sites for hydroxylation is 1. The fraction of sp³-hybridized carbons (Fsp3) is 0.167. The van der Waals surface area contributed by atoms with Crippen LogP contribution in [0.4, 0.5) is 11.5 Å². The number of ether oxygens (including phenoxy) is 3. The van der Waals surface area contributed by atoms with Gasteiger partial charge in [-0.3, -0.25) is 0 Å². The number of halogens is 1. The van der Waals surface area contributed by atoms with Crippen molar-refractivity contribution in [1.29, 1.82) is 0 Å². The highest BCUT2D eigenvalue weighted by Crippen LogP contribution is 2.41. The summed E-state index contributed by atoms with van der Waals surface area (Å²) in [7, 11) is 4.75. The van der Waals surface area contributed by atoms with Gasteiger partial charge in [-0.05, 0) is 64.8 Å². The van der Waals surface area contributed by atoms with Crippen LogP contribution in [0.5, 0.6) is 17.2 Å². The van der Waals surface area contributed by atoms with Crippen molar-refractivity contribution in [2.24, 2.45) is 0 Å². The summed E-state index contributed by atoms with van der Waals surface area (Å²) in [5.74, 6) is 2.87. The molecule has 1 aromatic heterocycles. The SMILES string of the molecule is COc1cc(-c2nc(Nc3ccc(C)cc3Br)c3ccccc3n2)cc(OC)c1OC. The Morgan fingerprint density at radius 1 is 0.839 bits per heavy atom. The zero-order valence-electron chi connectivity index (χ0n) is 17.7. The molecule has 1 heterocycles. The van der Waals surface area contributed by atoms with Crippen LogP contribution in [0.1, 0.15) is 5.56 Å². The van der Waals surface area contributed by atoms with Crippen LogP contribution in [-0.4, -0.2) is 31.3 Å². The first-order valence-electron chi connectivity index (χ1n) is 9.64. The molecule has 0 radical (unpaired) electrons. The van der Waals surface area contributed by atoms with Gasteiger partial charge in [-0.25, -0.2) is 9.97 Å². The topological polar surface area (TPSA) is 65.5 Å². The van der Waals surface area contributed by atoms with Gasteiger partial charge in [0.15, 0.2) is 17.3 Å². The molecule has 0 aliphatic heterocycles. The standard InChI is InChI=1S/C24H22BrN3O3/c1-14-9-10-19(17(25)11-14)27-24-16-7-5-6-8-18(16)26-23(28-24)15-12-20(29-2)22(31-4)21(13-15)30-3/h5-13H,1-4H3,(H,26,27,28). The molecule has 0 unspecified atom stereocenters. The van der Waals surface area contributed by atoms with Crippen LogP contribution in [0.2, 0.25) is 0 Å². The third-order valence-corrected chi connectivity index (χ3v) is 5.56. The number of benzene rings is 3. The minimum Gasteiger partial charge on any atom is -0.493 e. The second-order valence-corrected chi connectivity index (χ2v) is 7.79. The summed E-state index contributed by atoms with van der Waals surface area (Å²) in [6.07, 6.45) is 0. The number of nitrogens with one attached hydrogen (secondary N) is 1. The number of nitrogens with zero attached hydrogens (tertiary/aromatic N) is 2. The van der Waals surface area contributed by atoms with E-state index in [-0.39, 0.29) is 0 Å². The van der Waals surface area contributed by atoms with E-state index in [2.05, 4.69) is 40.3 Å². The molecule has 0 aliphatic carbocycles. The van der Waals surface area contributed by atoms with Gasteiger partial charge < -0.3 is 19.5 Å². The van der Waals surface area contributed by atoms with E-state index in [1.165, 1.54) is 5.56 Å². The largest absolute Gasteiger partial charge is 0.493 e. The average Bonchev–Trinajstić information content (AvgIpc) is 2.79. The maximum absolute atomic E-state index is 5.50. The van der Waals surface area contributed by atoms with Crippen LogP contribution in [0, 0.1) is 6.92 Å². The zero-order valence-corrected chi connectivity index (χ0v) is 19.3. The van der Waals surface area contributed by atoms with E-state index in [4.69, 9.17) is 24.2 Å². The molecule has 0 fully saturated rings. The van der Waals surface area contributed by atoms with Crippen molar-refractivity contribution < 1.29 is 14.2 Å². The van der Waals surface area contributed by atoms with Gasteiger partial charge in [0.25, 0.3) is 0 Å². The lowest BCUT2D eigenvalue weighted by molar-refractivity contribution is 0.324. The first kappa shape index (κ1) is 20.9. The van der Waals surface area contributed by atoms with Crippen molar-refractivity contribution in [2.75, 3.05) is 26.6 Å². The average molecular weight is 480 g/mol. The number of fused-ring (bicyclic) bond motifs is 1. The van der Waals surface area contributed by atoms with Gasteiger partial charge in [0.05, 0.1) is 32.5 Å². The van der Waals surface area contributed by atoms with Crippen molar-refractivity contribution >= 4 is 38.3 Å². The zero-order chi connectivity index (χ0) is 22.0. The molecular formula is C24H22BrN3O3. The maximum Gasteiger partial charge on any atom is 0.203 e. The molecule has 3 aromatic carbocycles. The van der Waals surface area contributed by atoms with Crippen molar-refractivity contribution in [3.8, 4) is 28.6 Å². The lowest BCUT2D eigenvalue weighted by atomic mass is 10.1. The van der Waals surface area contributed by atoms with Crippen molar-refractivity contribution in [3.63, 3.8) is 0 Å². The minimum absolute atomic E-state index is 0.525. The molecule has 4 aromatic rings. The number of anilines is 2. The van der Waals surface area contributed by atoms with Crippen molar-refractivity contribution in [2.45, 2.75) is 6.92 Å². The molecule has 0 bridgehead atoms. The molecule has 0 aliphatic rings. The predicted molar refractivity (Wildman–Crippen MR) is 127 cm³/mol. The molecule has 31 heavy (non-hydrogen) atoms. The number of methoxy groups -OCH3 is 3. The Kier molecular flexibility index (Phi) is 5.95. The lowest BCUT2D eigenvalue weighted by Crippen LogP contribution is -2.01. The van der Waals surface area contributed by atoms with E-state index < -0.39 is 0 Å². The highest BCUT2D eigenvalue weighted by atomic mass is 79.9. The van der Waals surface area contributed by atoms with Crippen LogP contribution >= 0.6 is 15.9 Å². The van der Waals surface area contributed by atoms with Crippen LogP contribution in [-0.2, 0) is 0 Å². The Hall–Kier alpha value is -3.32. The number of rotatable bonds is 6. The van der Waals surface area contributed by atoms with Gasteiger partial charge in [-0.15, -0.1) is 0 Å². The molecule has 0 saturated heterocycles. The summed E-state index contributed by atoms with van der Waals surface area (Å²) >= 11 is 3.63. The summed E-state index contributed by atoms with van der Waals surface area (Å²) in [5.41, 5.74) is 3.67. The maximum atomic E-state index is 5.50. The fourth-order valence-corrected chi connectivity index (χ4v) is 3.95. The number of para-hydroxylation sites is 1. The Morgan fingerprint density at radius 3 is 2.19 bits per heavy atom. The quantitative estimate of drug-likeness (QED) is 0.358. The van der Waals surface area contributed by atoms with Gasteiger partial charge in [-0.2, -0.15) is 0 Å². The third-order valence-electron chi connectivity index (χ3n) is 4.90. The number of hydrogen-bond acceptors (Lipinski definition) is 6. The normalized spacial score (nSPS) is 10.7. The molecule has 7 heteroatoms. The number of aromatic nitrogens is 2. The molecule has 0 atom stereocenters. The molecule has 0 spiro atoms. The lowest BCUT2D eigenvalue weighted by Gasteiger charge is -2.15. The third kappa shape index (κ3) is 4.14. The van der Waals surface area contributed by atoms with Crippen LogP contribution in [0.25, 0.3) is 22.3 Å². The molecule has 4 rings (SSSR count). The summed E-state index contributed by atoms with van der Waals surface area (Å²) in [6.45, 7) is 2.05. The van der Waals surface area contributed by atoms with E-state index in [0.29, 0.717) is 28.9 Å². The molecule has 0 amide bonds. The highest BCUT2D eigenvalue weighted by Gasteiger charge is 2.17. The Labute approximate surface area is 189 Å². The van der Waals surface area contributed by atoms with E-state index in [0.717, 1.165) is 26.6 Å². The van der Waals surface area contributed by atoms with Gasteiger partial charge in [-0.1, -0.05) is 18.2 Å². The minimum atomic E-state index is 0.525. The van der Waals surface area contributed by atoms with E-state index in [9.17, 15) is 0 Å². The van der Waals surface area contributed by atoms with Gasteiger partial charge >= 0.3 is 0 Å². The first-order chi connectivity index (χ1) is 15.0. The van der Waals surface area contributed by atoms with Gasteiger partial charge in [0.1, 0.15) is 5.82 Å². The highest BCUT2D eigenvalue weighted by molar-refractivity contribution is 9.10. The van der Waals surface area contributed by atoms with Crippen molar-refractivity contribution in [3.05, 3.63) is 64.6 Å². The van der Waals surface area contributed by atoms with E-state index in [1.54, 1.807) is 21.3 Å². The molecule has 158 valence electrons. The second kappa shape index (κ2) is 8.81. The first-order valence-corrected chi connectivity index (χ1v) is 10.4. The monoisotopic (exact) mass is 479 g/mol. The summed E-state index contributed by atoms with van der Waals surface area (Å²) in [6, 6.07) is 17.7. The molecule has 1 N–H and O–H groups in total. The molecule has 6 nitrogen and oxygen atoms in total. The van der Waals surface area contributed by atoms with Crippen LogP contribution < -0.4 is 19.5 Å². The van der Waals surface area contributed by atoms with E-state index >= 15 is 0 Å². The summed E-state index contributed by atoms with van der Waals surface area (Å²) in [5, 5.41) is 4.37. The van der Waals surface area contributed by atoms with Crippen LogP contribution in [0.15, 0.2) is 59.1 Å². The summed E-state index contributed by atoms with van der Waals surface area (Å²) < 4.78 is 17.4. The van der Waals surface area contributed by atoms with Gasteiger partial charge in [0, 0.05) is 15.4 Å². The smallest absolute Gasteiger partial charge is 0.203 e. The summed E-state index contributed by atoms with van der Waals surface area (Å²) in [4.78, 5) is 9.62. The number of hydrogen-bond donors (Lipinski definition) is 1. The molecule has 0 saturated carbocycles. The fourth-order valence-electron chi connectivity index (χ4n) is 3.36. The van der Waals surface area contributed by atoms with E-state index in [1.807, 2.05) is 42.5 Å². The Bertz CT molecular complexity index is 1240. The van der Waals surface area contributed by atoms with Crippen molar-refractivity contribution in [1.82, 2.24) is 9.97 Å². The predicted octanol–water partition coefficient (Wildman–Crippen LogP) is 6.14. The Balaban J connectivity index is 1.89. The van der Waals surface area contributed by atoms with Gasteiger partial charge in [0.2, 0.25) is 5.75 Å². The Morgan fingerprint density at radius 2 is 1.55 bits per heavy atom. The molecular weight excluding hydrogens is 458 g/mol. The van der Waals surface area contributed by atoms with Crippen LogP contribution in [0.3, 0.4) is 0 Å².